The van der Waals surface area contributed by atoms with Crippen LogP contribution < -0.4 is 4.74 Å². The Morgan fingerprint density at radius 3 is 2.60 bits per heavy atom. The summed E-state index contributed by atoms with van der Waals surface area (Å²) in [5.41, 5.74) is 0. The zero-order valence-corrected chi connectivity index (χ0v) is 6.78. The minimum atomic E-state index is 0.356. The minimum Gasteiger partial charge on any atom is -0.480 e. The molecule has 1 heterocycles. The molecule has 0 aliphatic rings. The Balaban J connectivity index is 3.09. The quantitative estimate of drug-likeness (QED) is 0.616. The molecule has 4 heteroatoms. The lowest BCUT2D eigenvalue weighted by Gasteiger charge is -1.99. The molecule has 1 aromatic rings. The number of methoxy groups -OCH3 is 1. The van der Waals surface area contributed by atoms with Crippen LogP contribution in [0, 0.1) is 0 Å². The second-order valence-electron chi connectivity index (χ2n) is 1.63. The molecule has 0 aromatic carbocycles. The molecule has 0 unspecified atom stereocenters. The van der Waals surface area contributed by atoms with Crippen LogP contribution in [-0.2, 0) is 0 Å². The van der Waals surface area contributed by atoms with Gasteiger partial charge in [0.25, 0.3) is 0 Å². The fourth-order valence-corrected chi connectivity index (χ4v) is 0.866. The molecule has 1 rings (SSSR count). The minimum absolute atomic E-state index is 0.356. The number of hydrogen-bond acceptors (Lipinski definition) is 2. The maximum Gasteiger partial charge on any atom is 0.233 e. The molecule has 0 radical (unpaired) electrons. The van der Waals surface area contributed by atoms with Crippen molar-refractivity contribution in [2.24, 2.45) is 0 Å². The molecule has 1 aromatic heterocycles. The Morgan fingerprint density at radius 2 is 2.10 bits per heavy atom. The second-order valence-corrected chi connectivity index (χ2v) is 2.42. The topological polar surface area (TPSA) is 22.1 Å². The van der Waals surface area contributed by atoms with E-state index in [0.29, 0.717) is 16.1 Å². The highest BCUT2D eigenvalue weighted by atomic mass is 35.5. The molecule has 0 amide bonds. The number of hydrogen-bond donors (Lipinski definition) is 0. The van der Waals surface area contributed by atoms with Crippen molar-refractivity contribution in [2.75, 3.05) is 7.11 Å². The number of nitrogens with zero attached hydrogens (tertiary/aromatic N) is 1. The van der Waals surface area contributed by atoms with Crippen LogP contribution in [0.3, 0.4) is 0 Å². The number of aromatic nitrogens is 1. The average molecular weight is 178 g/mol. The predicted octanol–water partition coefficient (Wildman–Crippen LogP) is 2.40. The molecular weight excluding hydrogens is 173 g/mol. The highest BCUT2D eigenvalue weighted by Gasteiger charge is 2.00. The predicted molar refractivity (Wildman–Crippen MR) is 40.8 cm³/mol. The first-order valence-electron chi connectivity index (χ1n) is 2.60. The Labute approximate surface area is 68.7 Å². The van der Waals surface area contributed by atoms with Crippen LogP contribution in [0.1, 0.15) is 0 Å². The molecule has 0 aliphatic heterocycles. The largest absolute Gasteiger partial charge is 0.480 e. The standard InChI is InChI=1S/C6H5Cl2NO/c1-10-6-4(7)2-3-5(8)9-6/h2-3H,1H3. The number of pyridine rings is 1. The van der Waals surface area contributed by atoms with Gasteiger partial charge in [-0.15, -0.1) is 0 Å². The normalized spacial score (nSPS) is 9.50. The van der Waals surface area contributed by atoms with Crippen molar-refractivity contribution in [3.8, 4) is 5.88 Å². The molecule has 0 N–H and O–H groups in total. The summed E-state index contributed by atoms with van der Waals surface area (Å²) in [4.78, 5) is 3.80. The van der Waals surface area contributed by atoms with Crippen LogP contribution in [0.15, 0.2) is 12.1 Å². The fourth-order valence-electron chi connectivity index (χ4n) is 0.544. The van der Waals surface area contributed by atoms with Gasteiger partial charge in [0.1, 0.15) is 10.2 Å². The Kier molecular flexibility index (Phi) is 2.35. The van der Waals surface area contributed by atoms with Crippen molar-refractivity contribution in [2.45, 2.75) is 0 Å². The molecule has 0 atom stereocenters. The third-order valence-corrected chi connectivity index (χ3v) is 1.47. The van der Waals surface area contributed by atoms with E-state index in [1.165, 1.54) is 7.11 Å². The van der Waals surface area contributed by atoms with E-state index >= 15 is 0 Å². The summed E-state index contributed by atoms with van der Waals surface area (Å²) in [7, 11) is 1.49. The first-order valence-corrected chi connectivity index (χ1v) is 3.35. The second kappa shape index (κ2) is 3.08. The SMILES string of the molecule is COc1nc(Cl)ccc1Cl. The van der Waals surface area contributed by atoms with Gasteiger partial charge in [-0.1, -0.05) is 23.2 Å². The zero-order valence-electron chi connectivity index (χ0n) is 5.27. The molecule has 0 saturated carbocycles. The van der Waals surface area contributed by atoms with E-state index < -0.39 is 0 Å². The Hall–Kier alpha value is -0.470. The first-order chi connectivity index (χ1) is 4.74. The molecule has 0 aliphatic carbocycles. The monoisotopic (exact) mass is 177 g/mol. The van der Waals surface area contributed by atoms with Crippen molar-refractivity contribution in [1.29, 1.82) is 0 Å². The molecule has 10 heavy (non-hydrogen) atoms. The summed E-state index contributed by atoms with van der Waals surface area (Å²) in [6.07, 6.45) is 0. The number of rotatable bonds is 1. The van der Waals surface area contributed by atoms with Gasteiger partial charge in [-0.3, -0.25) is 0 Å². The lowest BCUT2D eigenvalue weighted by Crippen LogP contribution is -1.87. The van der Waals surface area contributed by atoms with Gasteiger partial charge in [0.2, 0.25) is 5.88 Å². The van der Waals surface area contributed by atoms with E-state index in [-0.39, 0.29) is 0 Å². The summed E-state index contributed by atoms with van der Waals surface area (Å²) in [6, 6.07) is 3.24. The van der Waals surface area contributed by atoms with Crippen LogP contribution in [-0.4, -0.2) is 12.1 Å². The highest BCUT2D eigenvalue weighted by Crippen LogP contribution is 2.22. The van der Waals surface area contributed by atoms with E-state index in [2.05, 4.69) is 4.98 Å². The fraction of sp³-hybridized carbons (Fsp3) is 0.167. The molecule has 0 bridgehead atoms. The molecule has 0 saturated heterocycles. The van der Waals surface area contributed by atoms with Gasteiger partial charge in [0.05, 0.1) is 7.11 Å². The van der Waals surface area contributed by atoms with E-state index in [1.807, 2.05) is 0 Å². The molecule has 0 fully saturated rings. The van der Waals surface area contributed by atoms with Gasteiger partial charge < -0.3 is 4.74 Å². The van der Waals surface area contributed by atoms with Gasteiger partial charge in [0, 0.05) is 0 Å². The lowest BCUT2D eigenvalue weighted by atomic mass is 10.5. The summed E-state index contributed by atoms with van der Waals surface area (Å²) in [5, 5.41) is 0.841. The Bertz CT molecular complexity index is 239. The van der Waals surface area contributed by atoms with Gasteiger partial charge in [-0.25, -0.2) is 4.98 Å². The van der Waals surface area contributed by atoms with E-state index in [4.69, 9.17) is 27.9 Å². The maximum atomic E-state index is 5.65. The third-order valence-electron chi connectivity index (χ3n) is 0.973. The van der Waals surface area contributed by atoms with Crippen LogP contribution in [0.25, 0.3) is 0 Å². The summed E-state index contributed by atoms with van der Waals surface area (Å²) in [6.45, 7) is 0. The molecule has 2 nitrogen and oxygen atoms in total. The smallest absolute Gasteiger partial charge is 0.233 e. The van der Waals surface area contributed by atoms with Gasteiger partial charge in [0.15, 0.2) is 0 Å². The Morgan fingerprint density at radius 1 is 1.40 bits per heavy atom. The van der Waals surface area contributed by atoms with Crippen LogP contribution in [0.5, 0.6) is 5.88 Å². The summed E-state index contributed by atoms with van der Waals surface area (Å²) < 4.78 is 4.80. The molecule has 54 valence electrons. The van der Waals surface area contributed by atoms with Crippen LogP contribution in [0.4, 0.5) is 0 Å². The highest BCUT2D eigenvalue weighted by molar-refractivity contribution is 6.33. The van der Waals surface area contributed by atoms with Gasteiger partial charge in [-0.05, 0) is 12.1 Å². The number of halogens is 2. The van der Waals surface area contributed by atoms with Crippen molar-refractivity contribution in [1.82, 2.24) is 4.98 Å². The number of ether oxygens (including phenoxy) is 1. The third kappa shape index (κ3) is 1.52. The average Bonchev–Trinajstić information content (AvgIpc) is 1.94. The molecular formula is C6H5Cl2NO. The van der Waals surface area contributed by atoms with Gasteiger partial charge >= 0.3 is 0 Å². The summed E-state index contributed by atoms with van der Waals surface area (Å²) in [5.74, 6) is 0.356. The maximum absolute atomic E-state index is 5.65. The van der Waals surface area contributed by atoms with Crippen LogP contribution >= 0.6 is 23.2 Å². The first kappa shape index (κ1) is 7.63. The lowest BCUT2D eigenvalue weighted by molar-refractivity contribution is 0.398. The zero-order chi connectivity index (χ0) is 7.56. The van der Waals surface area contributed by atoms with Crippen molar-refractivity contribution < 1.29 is 4.74 Å². The van der Waals surface area contributed by atoms with Crippen LogP contribution in [0.2, 0.25) is 10.2 Å². The van der Waals surface area contributed by atoms with Crippen molar-refractivity contribution in [3.63, 3.8) is 0 Å². The van der Waals surface area contributed by atoms with Gasteiger partial charge in [-0.2, -0.15) is 0 Å². The van der Waals surface area contributed by atoms with Crippen molar-refractivity contribution in [3.05, 3.63) is 22.3 Å². The van der Waals surface area contributed by atoms with E-state index in [0.717, 1.165) is 0 Å². The molecule has 0 spiro atoms. The van der Waals surface area contributed by atoms with E-state index in [1.54, 1.807) is 12.1 Å². The summed E-state index contributed by atoms with van der Waals surface area (Å²) >= 11 is 11.2. The van der Waals surface area contributed by atoms with Crippen molar-refractivity contribution >= 4 is 23.2 Å². The van der Waals surface area contributed by atoms with E-state index in [9.17, 15) is 0 Å².